The van der Waals surface area contributed by atoms with E-state index in [1.54, 1.807) is 0 Å². The van der Waals surface area contributed by atoms with E-state index in [4.69, 9.17) is 16.3 Å². The Labute approximate surface area is 157 Å². The lowest BCUT2D eigenvalue weighted by Gasteiger charge is -2.33. The van der Waals surface area contributed by atoms with E-state index in [9.17, 15) is 0 Å². The zero-order valence-electron chi connectivity index (χ0n) is 15.9. The van der Waals surface area contributed by atoms with Crippen LogP contribution in [0.15, 0.2) is 18.3 Å². The number of piperidine rings is 1. The van der Waals surface area contributed by atoms with Crippen LogP contribution in [-0.2, 0) is 11.5 Å². The summed E-state index contributed by atoms with van der Waals surface area (Å²) >= 11 is 6.17. The predicted octanol–water partition coefficient (Wildman–Crippen LogP) is 5.16. The minimum Gasteiger partial charge on any atom is -0.361 e. The van der Waals surface area contributed by atoms with Crippen molar-refractivity contribution in [2.75, 3.05) is 20.2 Å². The molecule has 6 heteroatoms. The van der Waals surface area contributed by atoms with E-state index >= 15 is 0 Å². The molecule has 3 rings (SSSR count). The van der Waals surface area contributed by atoms with Crippen LogP contribution in [0.2, 0.25) is 30.8 Å². The van der Waals surface area contributed by atoms with E-state index in [1.165, 1.54) is 31.0 Å². The molecule has 1 saturated heterocycles. The monoisotopic (exact) mass is 379 g/mol. The van der Waals surface area contributed by atoms with E-state index in [2.05, 4.69) is 47.2 Å². The fourth-order valence-electron chi connectivity index (χ4n) is 3.56. The Bertz CT molecular complexity index is 725. The second-order valence-corrected chi connectivity index (χ2v) is 14.4. The molecule has 0 amide bonds. The normalized spacial score (nSPS) is 19.6. The van der Waals surface area contributed by atoms with E-state index in [0.717, 1.165) is 24.1 Å². The summed E-state index contributed by atoms with van der Waals surface area (Å²) in [6.07, 6.45) is 5.64. The first kappa shape index (κ1) is 18.9. The number of likely N-dealkylation sites (tertiary alicyclic amines) is 1. The van der Waals surface area contributed by atoms with Crippen molar-refractivity contribution in [2.45, 2.75) is 57.7 Å². The zero-order chi connectivity index (χ0) is 18.0. The molecule has 1 aliphatic heterocycles. The largest absolute Gasteiger partial charge is 0.361 e. The molecule has 138 valence electrons. The summed E-state index contributed by atoms with van der Waals surface area (Å²) < 4.78 is 8.39. The first-order valence-corrected chi connectivity index (χ1v) is 13.4. The van der Waals surface area contributed by atoms with Gasteiger partial charge in [-0.2, -0.15) is 0 Å². The molecule has 25 heavy (non-hydrogen) atoms. The highest BCUT2D eigenvalue weighted by molar-refractivity contribution is 6.76. The van der Waals surface area contributed by atoms with Gasteiger partial charge in [-0.15, -0.1) is 0 Å². The number of halogens is 1. The van der Waals surface area contributed by atoms with E-state index in [1.807, 2.05) is 12.3 Å². The molecule has 0 unspecified atom stereocenters. The molecular formula is C19H30ClN3OSi. The lowest BCUT2D eigenvalue weighted by atomic mass is 10.00. The van der Waals surface area contributed by atoms with Gasteiger partial charge in [0.05, 0.1) is 5.52 Å². The minimum atomic E-state index is -1.07. The highest BCUT2D eigenvalue weighted by Gasteiger charge is 2.25. The molecule has 0 aromatic carbocycles. The van der Waals surface area contributed by atoms with Crippen LogP contribution in [0.3, 0.4) is 0 Å². The third-order valence-electron chi connectivity index (χ3n) is 5.11. The lowest BCUT2D eigenvalue weighted by Crippen LogP contribution is -2.31. The second kappa shape index (κ2) is 7.78. The van der Waals surface area contributed by atoms with Gasteiger partial charge in [0.25, 0.3) is 0 Å². The Morgan fingerprint density at radius 1 is 1.28 bits per heavy atom. The molecule has 0 N–H and O–H groups in total. The van der Waals surface area contributed by atoms with Crippen molar-refractivity contribution in [2.24, 2.45) is 0 Å². The van der Waals surface area contributed by atoms with Crippen LogP contribution in [0.5, 0.6) is 0 Å². The molecule has 2 aromatic rings. The maximum absolute atomic E-state index is 6.17. The average Bonchev–Trinajstić information content (AvgIpc) is 2.89. The standard InChI is InChI=1S/C19H30ClN3OSi/c1-22-8-6-5-7-16(22)18-11-15-13-21-19(20)12-17(15)23(18)14-24-9-10-25(2,3)4/h11-13,16H,5-10,14H2,1-4H3/t16-/m1/s1. The van der Waals surface area contributed by atoms with Crippen LogP contribution >= 0.6 is 11.6 Å². The Balaban J connectivity index is 1.87. The fourth-order valence-corrected chi connectivity index (χ4v) is 4.46. The number of aromatic nitrogens is 2. The SMILES string of the molecule is CN1CCCC[C@@H]1c1cc2cnc(Cl)cc2n1COCC[Si](C)(C)C. The van der Waals surface area contributed by atoms with Gasteiger partial charge in [0.2, 0.25) is 0 Å². The van der Waals surface area contributed by atoms with E-state index < -0.39 is 8.07 Å². The minimum absolute atomic E-state index is 0.445. The van der Waals surface area contributed by atoms with Gasteiger partial charge >= 0.3 is 0 Å². The topological polar surface area (TPSA) is 30.3 Å². The van der Waals surface area contributed by atoms with Crippen molar-refractivity contribution in [3.63, 3.8) is 0 Å². The number of ether oxygens (including phenoxy) is 1. The highest BCUT2D eigenvalue weighted by atomic mass is 35.5. The smallest absolute Gasteiger partial charge is 0.131 e. The Hall–Kier alpha value is -0.883. The fraction of sp³-hybridized carbons (Fsp3) is 0.632. The number of pyridine rings is 1. The summed E-state index contributed by atoms with van der Waals surface area (Å²) in [6, 6.07) is 5.87. The first-order chi connectivity index (χ1) is 11.8. The van der Waals surface area contributed by atoms with Gasteiger partial charge < -0.3 is 9.30 Å². The van der Waals surface area contributed by atoms with Crippen molar-refractivity contribution in [1.29, 1.82) is 0 Å². The van der Waals surface area contributed by atoms with Crippen molar-refractivity contribution in [1.82, 2.24) is 14.5 Å². The third kappa shape index (κ3) is 4.64. The van der Waals surface area contributed by atoms with Gasteiger partial charge in [0.15, 0.2) is 0 Å². The number of hydrogen-bond donors (Lipinski definition) is 0. The Kier molecular flexibility index (Phi) is 5.88. The summed E-state index contributed by atoms with van der Waals surface area (Å²) in [5, 5.41) is 1.68. The lowest BCUT2D eigenvalue weighted by molar-refractivity contribution is 0.0820. The number of hydrogen-bond acceptors (Lipinski definition) is 3. The van der Waals surface area contributed by atoms with Gasteiger partial charge in [-0.05, 0) is 44.6 Å². The molecule has 0 saturated carbocycles. The molecule has 0 aliphatic carbocycles. The van der Waals surface area contributed by atoms with Crippen LogP contribution in [0.4, 0.5) is 0 Å². The van der Waals surface area contributed by atoms with Crippen molar-refractivity contribution >= 4 is 30.6 Å². The molecule has 0 spiro atoms. The summed E-state index contributed by atoms with van der Waals surface area (Å²) in [5.74, 6) is 0. The van der Waals surface area contributed by atoms with Gasteiger partial charge in [0.1, 0.15) is 11.9 Å². The van der Waals surface area contributed by atoms with Crippen molar-refractivity contribution < 1.29 is 4.74 Å². The average molecular weight is 380 g/mol. The molecule has 0 radical (unpaired) electrons. The maximum Gasteiger partial charge on any atom is 0.131 e. The van der Waals surface area contributed by atoms with Crippen LogP contribution in [0.25, 0.3) is 10.9 Å². The molecule has 1 atom stereocenters. The van der Waals surface area contributed by atoms with Crippen molar-refractivity contribution in [3.8, 4) is 0 Å². The molecule has 4 nitrogen and oxygen atoms in total. The molecule has 0 bridgehead atoms. The molecule has 1 aliphatic rings. The maximum atomic E-state index is 6.17. The van der Waals surface area contributed by atoms with Gasteiger partial charge in [-0.3, -0.25) is 4.90 Å². The number of fused-ring (bicyclic) bond motifs is 1. The van der Waals surface area contributed by atoms with E-state index in [-0.39, 0.29) is 0 Å². The molecular weight excluding hydrogens is 350 g/mol. The van der Waals surface area contributed by atoms with Crippen molar-refractivity contribution in [3.05, 3.63) is 29.2 Å². The Morgan fingerprint density at radius 3 is 2.80 bits per heavy atom. The van der Waals surface area contributed by atoms with Crippen LogP contribution < -0.4 is 0 Å². The summed E-state index contributed by atoms with van der Waals surface area (Å²) in [5.41, 5.74) is 2.45. The quantitative estimate of drug-likeness (QED) is 0.394. The van der Waals surface area contributed by atoms with Crippen LogP contribution in [-0.4, -0.2) is 42.7 Å². The summed E-state index contributed by atoms with van der Waals surface area (Å²) in [4.78, 5) is 6.72. The van der Waals surface area contributed by atoms with Gasteiger partial charge in [-0.1, -0.05) is 37.7 Å². The van der Waals surface area contributed by atoms with Gasteiger partial charge in [-0.25, -0.2) is 4.98 Å². The summed E-state index contributed by atoms with van der Waals surface area (Å²) in [7, 11) is 1.15. The Morgan fingerprint density at radius 2 is 2.08 bits per heavy atom. The number of nitrogens with zero attached hydrogens (tertiary/aromatic N) is 3. The second-order valence-electron chi connectivity index (χ2n) is 8.40. The predicted molar refractivity (Wildman–Crippen MR) is 108 cm³/mol. The van der Waals surface area contributed by atoms with Crippen LogP contribution in [0.1, 0.15) is 31.0 Å². The van der Waals surface area contributed by atoms with Gasteiger partial charge in [0, 0.05) is 38.0 Å². The van der Waals surface area contributed by atoms with E-state index in [0.29, 0.717) is 17.9 Å². The molecule has 1 fully saturated rings. The number of rotatable bonds is 6. The zero-order valence-corrected chi connectivity index (χ0v) is 17.6. The highest BCUT2D eigenvalue weighted by Crippen LogP contribution is 2.34. The molecule has 2 aromatic heterocycles. The molecule has 3 heterocycles. The first-order valence-electron chi connectivity index (χ1n) is 9.28. The third-order valence-corrected chi connectivity index (χ3v) is 7.02. The summed E-state index contributed by atoms with van der Waals surface area (Å²) in [6.45, 7) is 9.73. The van der Waals surface area contributed by atoms with Crippen LogP contribution in [0, 0.1) is 0 Å².